The average molecular weight is 688 g/mol. The van der Waals surface area contributed by atoms with Crippen LogP contribution in [-0.2, 0) is 5.41 Å². The predicted molar refractivity (Wildman–Crippen MR) is 216 cm³/mol. The van der Waals surface area contributed by atoms with Crippen molar-refractivity contribution in [1.82, 2.24) is 9.55 Å². The van der Waals surface area contributed by atoms with Crippen molar-refractivity contribution in [2.45, 2.75) is 26.2 Å². The molecule has 1 aliphatic rings. The van der Waals surface area contributed by atoms with Crippen LogP contribution in [0.2, 0.25) is 0 Å². The highest BCUT2D eigenvalue weighted by Gasteiger charge is 2.28. The maximum Gasteiger partial charge on any atom is 0.137 e. The van der Waals surface area contributed by atoms with E-state index in [-0.39, 0.29) is 5.41 Å². The summed E-state index contributed by atoms with van der Waals surface area (Å²) < 4.78 is 8.88. The van der Waals surface area contributed by atoms with Crippen LogP contribution >= 0.6 is 0 Å². The van der Waals surface area contributed by atoms with Crippen LogP contribution in [0.5, 0.6) is 11.5 Å². The topological polar surface area (TPSA) is 57.3 Å². The lowest BCUT2D eigenvalue weighted by atomic mass is 9.88. The molecule has 0 atom stereocenters. The van der Waals surface area contributed by atoms with E-state index in [1.54, 1.807) is 0 Å². The summed E-state index contributed by atoms with van der Waals surface area (Å²) in [6.07, 6.45) is 1.91. The molecule has 6 heteroatoms. The molecule has 6 aromatic carbocycles. The van der Waals surface area contributed by atoms with Gasteiger partial charge in [-0.15, -0.1) is 0 Å². The van der Waals surface area contributed by atoms with Gasteiger partial charge in [0, 0.05) is 46.0 Å². The van der Waals surface area contributed by atoms with Crippen molar-refractivity contribution < 1.29 is 4.74 Å². The summed E-state index contributed by atoms with van der Waals surface area (Å²) in [5.41, 5.74) is 10.2. The maximum atomic E-state index is 9.92. The first-order chi connectivity index (χ1) is 25.9. The second-order valence-corrected chi connectivity index (χ2v) is 14.5. The highest BCUT2D eigenvalue weighted by molar-refractivity contribution is 6.09. The first-order valence-corrected chi connectivity index (χ1v) is 17.9. The van der Waals surface area contributed by atoms with E-state index in [1.807, 2.05) is 54.7 Å². The van der Waals surface area contributed by atoms with E-state index >= 15 is 0 Å². The third kappa shape index (κ3) is 5.73. The normalized spacial score (nSPS) is 12.6. The number of ether oxygens (including phenoxy) is 1. The summed E-state index contributed by atoms with van der Waals surface area (Å²) in [7, 11) is 0. The molecule has 0 amide bonds. The first-order valence-electron chi connectivity index (χ1n) is 17.9. The Morgan fingerprint density at radius 1 is 0.623 bits per heavy atom. The average Bonchev–Trinajstić information content (AvgIpc) is 3.74. The molecule has 0 N–H and O–H groups in total. The molecule has 256 valence electrons. The molecule has 0 spiro atoms. The van der Waals surface area contributed by atoms with Crippen LogP contribution in [0.1, 0.15) is 31.9 Å². The van der Waals surface area contributed by atoms with Crippen molar-refractivity contribution in [3.05, 3.63) is 169 Å². The Labute approximate surface area is 309 Å². The van der Waals surface area contributed by atoms with Crippen LogP contribution in [0.4, 0.5) is 22.7 Å². The standard InChI is InChI=1S/C47H37N5O/c1-47(2,3)34-24-25-49-46(26-34)52-42-17-8-7-16-39(42)40-23-22-38(29-45(40)52)53-37-15-11-14-35(27-37)50-31-51(44-19-10-9-18-43(44)50)36-21-20-33(30-48)41(28-36)32-12-5-4-6-13-32/h4-29H,31H2,1-3H3. The Bertz CT molecular complexity index is 2700. The number of pyridine rings is 1. The van der Waals surface area contributed by atoms with Gasteiger partial charge in [-0.1, -0.05) is 87.5 Å². The SMILES string of the molecule is CC(C)(C)c1ccnc(-n2c3ccccc3c3ccc(Oc4cccc(N5CN(c6ccc(C#N)c(-c7ccccc7)c6)c6ccccc65)c4)cc32)c1. The van der Waals surface area contributed by atoms with Crippen molar-refractivity contribution in [3.8, 4) is 34.5 Å². The molecular formula is C47H37N5O. The number of nitrogens with zero attached hydrogens (tertiary/aromatic N) is 5. The molecule has 6 nitrogen and oxygen atoms in total. The largest absolute Gasteiger partial charge is 0.457 e. The zero-order chi connectivity index (χ0) is 36.1. The molecule has 0 radical (unpaired) electrons. The second kappa shape index (κ2) is 12.7. The number of anilines is 4. The van der Waals surface area contributed by atoms with E-state index < -0.39 is 0 Å². The lowest BCUT2D eigenvalue weighted by Crippen LogP contribution is -2.24. The summed E-state index contributed by atoms with van der Waals surface area (Å²) in [5.74, 6) is 2.39. The van der Waals surface area contributed by atoms with Gasteiger partial charge in [-0.05, 0) is 89.3 Å². The lowest BCUT2D eigenvalue weighted by molar-refractivity contribution is 0.483. The third-order valence-electron chi connectivity index (χ3n) is 10.1. The fraction of sp³-hybridized carbons (Fsp3) is 0.106. The third-order valence-corrected chi connectivity index (χ3v) is 10.1. The number of para-hydroxylation sites is 3. The molecule has 0 saturated heterocycles. The number of benzene rings is 6. The first kappa shape index (κ1) is 32.1. The van der Waals surface area contributed by atoms with Gasteiger partial charge < -0.3 is 14.5 Å². The van der Waals surface area contributed by atoms with Crippen LogP contribution in [0.3, 0.4) is 0 Å². The zero-order valence-corrected chi connectivity index (χ0v) is 29.9. The summed E-state index contributed by atoms with van der Waals surface area (Å²) in [6, 6.07) is 54.4. The van der Waals surface area contributed by atoms with Gasteiger partial charge in [-0.3, -0.25) is 4.57 Å². The number of aromatic nitrogens is 2. The molecule has 0 unspecified atom stereocenters. The van der Waals surface area contributed by atoms with Crippen molar-refractivity contribution in [1.29, 1.82) is 5.26 Å². The number of rotatable bonds is 6. The number of nitriles is 1. The van der Waals surface area contributed by atoms with Gasteiger partial charge in [0.15, 0.2) is 0 Å². The van der Waals surface area contributed by atoms with Gasteiger partial charge in [-0.25, -0.2) is 4.98 Å². The van der Waals surface area contributed by atoms with Gasteiger partial charge in [0.1, 0.15) is 24.0 Å². The molecule has 9 rings (SSSR count). The Morgan fingerprint density at radius 3 is 2.09 bits per heavy atom. The fourth-order valence-corrected chi connectivity index (χ4v) is 7.43. The summed E-state index contributed by atoms with van der Waals surface area (Å²) >= 11 is 0. The van der Waals surface area contributed by atoms with Gasteiger partial charge in [-0.2, -0.15) is 5.26 Å². The fourth-order valence-electron chi connectivity index (χ4n) is 7.43. The summed E-state index contributed by atoms with van der Waals surface area (Å²) in [5, 5.41) is 12.2. The van der Waals surface area contributed by atoms with Crippen LogP contribution in [0, 0.1) is 11.3 Å². The van der Waals surface area contributed by atoms with Crippen molar-refractivity contribution in [2.24, 2.45) is 0 Å². The lowest BCUT2D eigenvalue weighted by Gasteiger charge is -2.23. The monoisotopic (exact) mass is 687 g/mol. The highest BCUT2D eigenvalue weighted by atomic mass is 16.5. The Kier molecular flexibility index (Phi) is 7.71. The van der Waals surface area contributed by atoms with Crippen molar-refractivity contribution in [2.75, 3.05) is 16.5 Å². The number of hydrogen-bond donors (Lipinski definition) is 0. The van der Waals surface area contributed by atoms with E-state index in [1.165, 1.54) is 10.9 Å². The van der Waals surface area contributed by atoms with Gasteiger partial charge in [0.2, 0.25) is 0 Å². The molecular weight excluding hydrogens is 651 g/mol. The minimum Gasteiger partial charge on any atom is -0.457 e. The van der Waals surface area contributed by atoms with E-state index in [0.29, 0.717) is 12.2 Å². The van der Waals surface area contributed by atoms with Gasteiger partial charge in [0.05, 0.1) is 34.0 Å². The number of hydrogen-bond acceptors (Lipinski definition) is 5. The van der Waals surface area contributed by atoms with Crippen molar-refractivity contribution >= 4 is 44.6 Å². The van der Waals surface area contributed by atoms with Crippen LogP contribution in [-0.4, -0.2) is 16.2 Å². The minimum atomic E-state index is -0.00422. The number of fused-ring (bicyclic) bond motifs is 4. The highest BCUT2D eigenvalue weighted by Crippen LogP contribution is 2.46. The second-order valence-electron chi connectivity index (χ2n) is 14.5. The van der Waals surface area contributed by atoms with Gasteiger partial charge in [0.25, 0.3) is 0 Å². The molecule has 0 aliphatic carbocycles. The predicted octanol–water partition coefficient (Wildman–Crippen LogP) is 12.1. The maximum absolute atomic E-state index is 9.92. The molecule has 53 heavy (non-hydrogen) atoms. The molecule has 0 fully saturated rings. The Hall–Kier alpha value is -6.84. The molecule has 1 aliphatic heterocycles. The Morgan fingerprint density at radius 2 is 1.32 bits per heavy atom. The molecule has 3 heterocycles. The van der Waals surface area contributed by atoms with E-state index in [4.69, 9.17) is 9.72 Å². The Balaban J connectivity index is 1.06. The molecule has 8 aromatic rings. The van der Waals surface area contributed by atoms with Crippen LogP contribution in [0.15, 0.2) is 158 Å². The van der Waals surface area contributed by atoms with Crippen LogP contribution < -0.4 is 14.5 Å². The summed E-state index contributed by atoms with van der Waals surface area (Å²) in [6.45, 7) is 7.29. The zero-order valence-electron chi connectivity index (χ0n) is 29.9. The van der Waals surface area contributed by atoms with E-state index in [9.17, 15) is 5.26 Å². The van der Waals surface area contributed by atoms with Crippen molar-refractivity contribution in [3.63, 3.8) is 0 Å². The summed E-state index contributed by atoms with van der Waals surface area (Å²) in [4.78, 5) is 9.44. The molecule has 0 bridgehead atoms. The quantitative estimate of drug-likeness (QED) is 0.174. The van der Waals surface area contributed by atoms with Gasteiger partial charge >= 0.3 is 0 Å². The smallest absolute Gasteiger partial charge is 0.137 e. The van der Waals surface area contributed by atoms with E-state index in [0.717, 1.165) is 67.6 Å². The van der Waals surface area contributed by atoms with E-state index in [2.05, 4.69) is 144 Å². The van der Waals surface area contributed by atoms with Crippen LogP contribution in [0.25, 0.3) is 38.8 Å². The molecule has 2 aromatic heterocycles. The minimum absolute atomic E-state index is 0.00422. The molecule has 0 saturated carbocycles.